The van der Waals surface area contributed by atoms with Gasteiger partial charge in [0.1, 0.15) is 0 Å². The van der Waals surface area contributed by atoms with Gasteiger partial charge in [-0.3, -0.25) is 0 Å². The smallest absolute Gasteiger partial charge is 0.234 e. The SMILES string of the molecule is CC1(C)OCC(CCN=C=O)O1. The highest BCUT2D eigenvalue weighted by Gasteiger charge is 2.31. The molecule has 1 saturated heterocycles. The van der Waals surface area contributed by atoms with Crippen LogP contribution in [0.25, 0.3) is 0 Å². The molecule has 12 heavy (non-hydrogen) atoms. The Labute approximate surface area is 71.6 Å². The summed E-state index contributed by atoms with van der Waals surface area (Å²) < 4.78 is 10.8. The minimum Gasteiger partial charge on any atom is -0.348 e. The Bertz CT molecular complexity index is 196. The number of hydrogen-bond donors (Lipinski definition) is 0. The van der Waals surface area contributed by atoms with Crippen LogP contribution in [-0.4, -0.2) is 31.1 Å². The Hall–Kier alpha value is -0.700. The van der Waals surface area contributed by atoms with Crippen molar-refractivity contribution in [3.8, 4) is 0 Å². The molecule has 1 atom stereocenters. The summed E-state index contributed by atoms with van der Waals surface area (Å²) in [5.41, 5.74) is 0. The molecule has 0 spiro atoms. The van der Waals surface area contributed by atoms with Gasteiger partial charge in [0.2, 0.25) is 6.08 Å². The highest BCUT2D eigenvalue weighted by Crippen LogP contribution is 2.23. The standard InChI is InChI=1S/C8H13NO3/c1-8(2)11-5-7(12-8)3-4-9-6-10/h7H,3-5H2,1-2H3. The van der Waals surface area contributed by atoms with E-state index in [2.05, 4.69) is 4.99 Å². The molecule has 1 aliphatic heterocycles. The maximum atomic E-state index is 9.74. The first kappa shape index (κ1) is 9.39. The number of carbonyl (C=O) groups excluding carboxylic acids is 1. The van der Waals surface area contributed by atoms with Crippen molar-refractivity contribution in [3.05, 3.63) is 0 Å². The van der Waals surface area contributed by atoms with Gasteiger partial charge in [0, 0.05) is 0 Å². The molecule has 0 N–H and O–H groups in total. The lowest BCUT2D eigenvalue weighted by molar-refractivity contribution is -0.138. The van der Waals surface area contributed by atoms with E-state index in [0.29, 0.717) is 13.2 Å². The van der Waals surface area contributed by atoms with Crippen molar-refractivity contribution in [2.24, 2.45) is 4.99 Å². The van der Waals surface area contributed by atoms with E-state index in [-0.39, 0.29) is 6.10 Å². The van der Waals surface area contributed by atoms with Crippen LogP contribution in [0.5, 0.6) is 0 Å². The molecular formula is C8H13NO3. The van der Waals surface area contributed by atoms with E-state index in [4.69, 9.17) is 9.47 Å². The molecule has 0 saturated carbocycles. The number of ether oxygens (including phenoxy) is 2. The van der Waals surface area contributed by atoms with Crippen molar-refractivity contribution >= 4 is 6.08 Å². The molecular weight excluding hydrogens is 158 g/mol. The molecule has 0 aromatic heterocycles. The van der Waals surface area contributed by atoms with Gasteiger partial charge in [0.15, 0.2) is 5.79 Å². The van der Waals surface area contributed by atoms with E-state index in [1.165, 1.54) is 6.08 Å². The Morgan fingerprint density at radius 1 is 1.67 bits per heavy atom. The van der Waals surface area contributed by atoms with E-state index < -0.39 is 5.79 Å². The first-order chi connectivity index (χ1) is 5.64. The van der Waals surface area contributed by atoms with Crippen molar-refractivity contribution in [1.29, 1.82) is 0 Å². The van der Waals surface area contributed by atoms with E-state index in [9.17, 15) is 4.79 Å². The molecule has 1 aliphatic rings. The number of aliphatic imine (C=N–C) groups is 1. The fourth-order valence-electron chi connectivity index (χ4n) is 1.16. The first-order valence-electron chi connectivity index (χ1n) is 3.99. The molecule has 1 unspecified atom stereocenters. The van der Waals surface area contributed by atoms with Crippen LogP contribution >= 0.6 is 0 Å². The molecule has 68 valence electrons. The zero-order chi connectivity index (χ0) is 9.03. The Morgan fingerprint density at radius 3 is 2.92 bits per heavy atom. The van der Waals surface area contributed by atoms with E-state index in [1.807, 2.05) is 13.8 Å². The van der Waals surface area contributed by atoms with Crippen LogP contribution in [-0.2, 0) is 14.3 Å². The van der Waals surface area contributed by atoms with Crippen LogP contribution in [0.15, 0.2) is 4.99 Å². The van der Waals surface area contributed by atoms with Crippen molar-refractivity contribution in [2.45, 2.75) is 32.2 Å². The summed E-state index contributed by atoms with van der Waals surface area (Å²) in [6.07, 6.45) is 2.28. The molecule has 4 nitrogen and oxygen atoms in total. The van der Waals surface area contributed by atoms with Crippen LogP contribution in [0.3, 0.4) is 0 Å². The third-order valence-electron chi connectivity index (χ3n) is 1.69. The van der Waals surface area contributed by atoms with E-state index >= 15 is 0 Å². The van der Waals surface area contributed by atoms with Crippen LogP contribution in [0.2, 0.25) is 0 Å². The Morgan fingerprint density at radius 2 is 2.42 bits per heavy atom. The van der Waals surface area contributed by atoms with Gasteiger partial charge in [-0.25, -0.2) is 9.79 Å². The first-order valence-corrected chi connectivity index (χ1v) is 3.99. The van der Waals surface area contributed by atoms with Crippen LogP contribution in [0.1, 0.15) is 20.3 Å². The lowest BCUT2D eigenvalue weighted by atomic mass is 10.3. The quantitative estimate of drug-likeness (QED) is 0.467. The summed E-state index contributed by atoms with van der Waals surface area (Å²) in [5, 5.41) is 0. The molecule has 0 amide bonds. The molecule has 0 radical (unpaired) electrons. The molecule has 1 fully saturated rings. The minimum atomic E-state index is -0.477. The number of isocyanates is 1. The predicted molar refractivity (Wildman–Crippen MR) is 42.5 cm³/mol. The summed E-state index contributed by atoms with van der Waals surface area (Å²) in [4.78, 5) is 13.2. The van der Waals surface area contributed by atoms with Crippen molar-refractivity contribution in [2.75, 3.05) is 13.2 Å². The Kier molecular flexibility index (Phi) is 2.98. The number of hydrogen-bond acceptors (Lipinski definition) is 4. The van der Waals surface area contributed by atoms with Gasteiger partial charge in [-0.15, -0.1) is 0 Å². The van der Waals surface area contributed by atoms with Gasteiger partial charge >= 0.3 is 0 Å². The fourth-order valence-corrected chi connectivity index (χ4v) is 1.16. The molecule has 0 aromatic carbocycles. The number of rotatable bonds is 3. The van der Waals surface area contributed by atoms with Crippen molar-refractivity contribution in [3.63, 3.8) is 0 Å². The second kappa shape index (κ2) is 3.81. The predicted octanol–water partition coefficient (Wildman–Crippen LogP) is 0.864. The van der Waals surface area contributed by atoms with Gasteiger partial charge in [-0.05, 0) is 20.3 Å². The largest absolute Gasteiger partial charge is 0.348 e. The molecule has 4 heteroatoms. The third kappa shape index (κ3) is 2.74. The highest BCUT2D eigenvalue weighted by atomic mass is 16.7. The van der Waals surface area contributed by atoms with Crippen molar-refractivity contribution < 1.29 is 14.3 Å². The summed E-state index contributed by atoms with van der Waals surface area (Å²) in [5.74, 6) is -0.477. The topological polar surface area (TPSA) is 47.9 Å². The van der Waals surface area contributed by atoms with E-state index in [1.54, 1.807) is 0 Å². The van der Waals surface area contributed by atoms with Gasteiger partial charge in [-0.1, -0.05) is 0 Å². The van der Waals surface area contributed by atoms with Crippen molar-refractivity contribution in [1.82, 2.24) is 0 Å². The fraction of sp³-hybridized carbons (Fsp3) is 0.875. The normalized spacial score (nSPS) is 26.7. The van der Waals surface area contributed by atoms with Gasteiger partial charge in [0.25, 0.3) is 0 Å². The highest BCUT2D eigenvalue weighted by molar-refractivity contribution is 5.32. The monoisotopic (exact) mass is 171 g/mol. The second-order valence-electron chi connectivity index (χ2n) is 3.21. The van der Waals surface area contributed by atoms with Crippen LogP contribution in [0, 0.1) is 0 Å². The van der Waals surface area contributed by atoms with Gasteiger partial charge in [0.05, 0.1) is 19.3 Å². The molecule has 0 aliphatic carbocycles. The van der Waals surface area contributed by atoms with Crippen LogP contribution in [0.4, 0.5) is 0 Å². The van der Waals surface area contributed by atoms with Gasteiger partial charge < -0.3 is 9.47 Å². The van der Waals surface area contributed by atoms with E-state index in [0.717, 1.165) is 6.42 Å². The summed E-state index contributed by atoms with van der Waals surface area (Å²) >= 11 is 0. The zero-order valence-electron chi connectivity index (χ0n) is 7.37. The number of nitrogens with zero attached hydrogens (tertiary/aromatic N) is 1. The second-order valence-corrected chi connectivity index (χ2v) is 3.21. The summed E-state index contributed by atoms with van der Waals surface area (Å²) in [7, 11) is 0. The third-order valence-corrected chi connectivity index (χ3v) is 1.69. The zero-order valence-corrected chi connectivity index (χ0v) is 7.37. The average Bonchev–Trinajstić information content (AvgIpc) is 2.31. The molecule has 0 aromatic rings. The maximum Gasteiger partial charge on any atom is 0.234 e. The lowest BCUT2D eigenvalue weighted by Crippen LogP contribution is -2.21. The summed E-state index contributed by atoms with van der Waals surface area (Å²) in [6, 6.07) is 0. The molecule has 0 bridgehead atoms. The molecule has 1 heterocycles. The lowest BCUT2D eigenvalue weighted by Gasteiger charge is -2.16. The summed E-state index contributed by atoms with van der Waals surface area (Å²) in [6.45, 7) is 4.79. The van der Waals surface area contributed by atoms with Gasteiger partial charge in [-0.2, -0.15) is 0 Å². The minimum absolute atomic E-state index is 0.0668. The Balaban J connectivity index is 2.24. The van der Waals surface area contributed by atoms with Crippen LogP contribution < -0.4 is 0 Å². The molecule has 1 rings (SSSR count). The average molecular weight is 171 g/mol. The maximum absolute atomic E-state index is 9.74.